The summed E-state index contributed by atoms with van der Waals surface area (Å²) in [6, 6.07) is 30.9. The number of benzene rings is 5. The first kappa shape index (κ1) is 22.8. The first-order valence-electron chi connectivity index (χ1n) is 14.0. The molecule has 10 rings (SSSR count). The molecule has 3 aliphatic carbocycles. The molecule has 5 aromatic carbocycles. The van der Waals surface area contributed by atoms with Crippen LogP contribution in [0.2, 0.25) is 0 Å². The lowest BCUT2D eigenvalue weighted by Crippen LogP contribution is -2.26. The molecule has 41 heavy (non-hydrogen) atoms. The third kappa shape index (κ3) is 2.57. The molecule has 0 N–H and O–H groups in total. The lowest BCUT2D eigenvalue weighted by atomic mass is 9.70. The summed E-state index contributed by atoms with van der Waals surface area (Å²) in [5, 5.41) is 3.45. The minimum atomic E-state index is -0.487. The molecule has 0 atom stereocenters. The predicted molar refractivity (Wildman–Crippen MR) is 173 cm³/mol. The number of halogens is 2. The molecule has 2 aromatic heterocycles. The third-order valence-corrected chi connectivity index (χ3v) is 10.7. The molecule has 7 aromatic rings. The average Bonchev–Trinajstić information content (AvgIpc) is 3.73. The van der Waals surface area contributed by atoms with Crippen molar-refractivity contribution in [3.05, 3.63) is 134 Å². The maximum absolute atomic E-state index is 6.83. The molecule has 194 valence electrons. The van der Waals surface area contributed by atoms with Crippen molar-refractivity contribution in [2.45, 2.75) is 18.3 Å². The fraction of sp³-hybridized carbons (Fsp3) is 0.0811. The quantitative estimate of drug-likeness (QED) is 0.162. The van der Waals surface area contributed by atoms with Crippen LogP contribution in [0.25, 0.3) is 61.2 Å². The van der Waals surface area contributed by atoms with Crippen LogP contribution in [0.3, 0.4) is 0 Å². The van der Waals surface area contributed by atoms with Crippen LogP contribution in [0.1, 0.15) is 40.0 Å². The molecule has 0 fully saturated rings. The Labute approximate surface area is 252 Å². The van der Waals surface area contributed by atoms with Gasteiger partial charge in [0.05, 0.1) is 9.89 Å². The van der Waals surface area contributed by atoms with Crippen LogP contribution < -0.4 is 0 Å². The average molecular weight is 656 g/mol. The normalized spacial score (nSPS) is 15.5. The fourth-order valence-corrected chi connectivity index (χ4v) is 9.16. The predicted octanol–water partition coefficient (Wildman–Crippen LogP) is 11.2. The van der Waals surface area contributed by atoms with E-state index in [-0.39, 0.29) is 0 Å². The minimum Gasteiger partial charge on any atom is -0.455 e. The zero-order valence-corrected chi connectivity index (χ0v) is 24.9. The first-order chi connectivity index (χ1) is 20.2. The smallest absolute Gasteiger partial charge is 0.149 e. The summed E-state index contributed by atoms with van der Waals surface area (Å²) in [6.45, 7) is 0. The van der Waals surface area contributed by atoms with Gasteiger partial charge in [0.25, 0.3) is 0 Å². The number of rotatable bonds is 0. The van der Waals surface area contributed by atoms with Crippen LogP contribution >= 0.6 is 31.9 Å². The van der Waals surface area contributed by atoms with Crippen LogP contribution in [0.5, 0.6) is 0 Å². The van der Waals surface area contributed by atoms with Crippen LogP contribution in [-0.4, -0.2) is 0 Å². The Balaban J connectivity index is 1.51. The van der Waals surface area contributed by atoms with Gasteiger partial charge in [-0.2, -0.15) is 0 Å². The second-order valence-corrected chi connectivity index (χ2v) is 13.0. The van der Waals surface area contributed by atoms with Gasteiger partial charge in [0.1, 0.15) is 22.5 Å². The molecule has 0 aliphatic heterocycles. The molecule has 0 radical (unpaired) electrons. The molecule has 1 spiro atoms. The monoisotopic (exact) mass is 654 g/mol. The highest BCUT2D eigenvalue weighted by molar-refractivity contribution is 9.11. The van der Waals surface area contributed by atoms with Gasteiger partial charge in [-0.25, -0.2) is 0 Å². The van der Waals surface area contributed by atoms with Crippen molar-refractivity contribution in [2.75, 3.05) is 0 Å². The zero-order valence-electron chi connectivity index (χ0n) is 21.7. The highest BCUT2D eigenvalue weighted by Gasteiger charge is 2.54. The lowest BCUT2D eigenvalue weighted by Gasteiger charge is -2.30. The van der Waals surface area contributed by atoms with Crippen molar-refractivity contribution < 1.29 is 8.83 Å². The largest absolute Gasteiger partial charge is 0.455 e. The highest BCUT2D eigenvalue weighted by atomic mass is 79.9. The Kier molecular flexibility index (Phi) is 4.28. The van der Waals surface area contributed by atoms with Gasteiger partial charge in [-0.05, 0) is 86.4 Å². The Morgan fingerprint density at radius 2 is 1.32 bits per heavy atom. The van der Waals surface area contributed by atoms with Crippen molar-refractivity contribution in [1.82, 2.24) is 0 Å². The Morgan fingerprint density at radius 3 is 2.12 bits per heavy atom. The van der Waals surface area contributed by atoms with Crippen LogP contribution in [-0.2, 0) is 11.8 Å². The van der Waals surface area contributed by atoms with Gasteiger partial charge in [-0.1, -0.05) is 88.7 Å². The number of hydrogen-bond donors (Lipinski definition) is 0. The van der Waals surface area contributed by atoms with Gasteiger partial charge in [0.2, 0.25) is 0 Å². The van der Waals surface area contributed by atoms with Crippen LogP contribution in [0.4, 0.5) is 0 Å². The third-order valence-electron chi connectivity index (χ3n) is 9.49. The second-order valence-electron chi connectivity index (χ2n) is 11.3. The van der Waals surface area contributed by atoms with Crippen LogP contribution in [0, 0.1) is 0 Å². The van der Waals surface area contributed by atoms with Gasteiger partial charge in [0, 0.05) is 37.3 Å². The fourth-order valence-electron chi connectivity index (χ4n) is 8.03. The van der Waals surface area contributed by atoms with Crippen molar-refractivity contribution in [1.29, 1.82) is 0 Å². The standard InChI is InChI=1S/C37H20Br2O2/c38-27-17-26-34(36-31(27)21-11-3-7-15-29(21)41-36)33-25(18-28(39)35-32(33)22-12-4-8-16-30(22)40-35)37(26)23-13-5-1-9-19(23)20-10-2-6-14-24(20)37/h1-3,5-11,13-18H,4,12H2. The van der Waals surface area contributed by atoms with E-state index in [4.69, 9.17) is 8.83 Å². The van der Waals surface area contributed by atoms with E-state index in [1.54, 1.807) is 0 Å². The summed E-state index contributed by atoms with van der Waals surface area (Å²) in [6.07, 6.45) is 6.32. The molecule has 2 nitrogen and oxygen atoms in total. The molecule has 0 saturated heterocycles. The number of aryl methyl sites for hydroxylation is 1. The van der Waals surface area contributed by atoms with E-state index in [1.165, 1.54) is 55.5 Å². The second kappa shape index (κ2) is 7.70. The van der Waals surface area contributed by atoms with Gasteiger partial charge < -0.3 is 8.83 Å². The molecule has 0 amide bonds. The lowest BCUT2D eigenvalue weighted by molar-refractivity contribution is 0.593. The van der Waals surface area contributed by atoms with Gasteiger partial charge in [0.15, 0.2) is 0 Å². The SMILES string of the molecule is Brc1cc2c(c3c4c(oc13)C=CCC4)-c1c(cc(Br)c3c1oc1ccccc13)C21c2ccccc2-c2ccccc21. The van der Waals surface area contributed by atoms with Crippen molar-refractivity contribution in [3.8, 4) is 22.3 Å². The maximum atomic E-state index is 6.83. The van der Waals surface area contributed by atoms with E-state index in [9.17, 15) is 0 Å². The number of allylic oxidation sites excluding steroid dienone is 1. The minimum absolute atomic E-state index is 0.487. The number of para-hydroxylation sites is 1. The number of furan rings is 2. The number of hydrogen-bond acceptors (Lipinski definition) is 2. The summed E-state index contributed by atoms with van der Waals surface area (Å²) >= 11 is 8.00. The van der Waals surface area contributed by atoms with Crippen molar-refractivity contribution in [2.24, 2.45) is 0 Å². The highest BCUT2D eigenvalue weighted by Crippen LogP contribution is 2.66. The Morgan fingerprint density at radius 1 is 0.634 bits per heavy atom. The van der Waals surface area contributed by atoms with Crippen molar-refractivity contribution >= 4 is 70.8 Å². The molecule has 0 bridgehead atoms. The molecule has 4 heteroatoms. The molecule has 0 unspecified atom stereocenters. The molecule has 2 heterocycles. The summed E-state index contributed by atoms with van der Waals surface area (Å²) < 4.78 is 15.4. The van der Waals surface area contributed by atoms with E-state index in [1.807, 2.05) is 6.07 Å². The molecular weight excluding hydrogens is 636 g/mol. The molecule has 0 saturated carbocycles. The number of fused-ring (bicyclic) bond motifs is 18. The maximum Gasteiger partial charge on any atom is 0.149 e. The summed E-state index contributed by atoms with van der Waals surface area (Å²) in [7, 11) is 0. The van der Waals surface area contributed by atoms with Gasteiger partial charge >= 0.3 is 0 Å². The summed E-state index contributed by atoms with van der Waals surface area (Å²) in [4.78, 5) is 0. The Bertz CT molecular complexity index is 2300. The molecule has 3 aliphatic rings. The zero-order chi connectivity index (χ0) is 27.0. The summed E-state index contributed by atoms with van der Waals surface area (Å²) in [5.74, 6) is 0.966. The van der Waals surface area contributed by atoms with E-state index >= 15 is 0 Å². The molecular formula is C37H20Br2O2. The summed E-state index contributed by atoms with van der Waals surface area (Å²) in [5.41, 5.74) is 13.7. The van der Waals surface area contributed by atoms with Crippen LogP contribution in [0.15, 0.2) is 109 Å². The van der Waals surface area contributed by atoms with E-state index in [0.717, 1.165) is 55.1 Å². The van der Waals surface area contributed by atoms with Gasteiger partial charge in [-0.3, -0.25) is 0 Å². The van der Waals surface area contributed by atoms with Gasteiger partial charge in [-0.15, -0.1) is 0 Å². The van der Waals surface area contributed by atoms with E-state index in [0.29, 0.717) is 0 Å². The first-order valence-corrected chi connectivity index (χ1v) is 15.6. The van der Waals surface area contributed by atoms with E-state index in [2.05, 4.69) is 123 Å². The Hall–Kier alpha value is -3.86. The van der Waals surface area contributed by atoms with E-state index < -0.39 is 5.41 Å². The topological polar surface area (TPSA) is 26.3 Å². The van der Waals surface area contributed by atoms with Crippen molar-refractivity contribution in [3.63, 3.8) is 0 Å².